The van der Waals surface area contributed by atoms with Crippen molar-refractivity contribution < 1.29 is 8.78 Å². The molecule has 0 saturated carbocycles. The number of nitrogens with one attached hydrogen (secondary N) is 1. The highest BCUT2D eigenvalue weighted by molar-refractivity contribution is 5.23. The Morgan fingerprint density at radius 1 is 1.30 bits per heavy atom. The first-order chi connectivity index (χ1) is 9.51. The monoisotopic (exact) mass is 280 g/mol. The van der Waals surface area contributed by atoms with Crippen molar-refractivity contribution in [1.29, 1.82) is 0 Å². The van der Waals surface area contributed by atoms with E-state index in [-0.39, 0.29) is 11.6 Å². The van der Waals surface area contributed by atoms with Gasteiger partial charge in [-0.3, -0.25) is 16.0 Å². The first-order valence-electron chi connectivity index (χ1n) is 6.46. The molecule has 0 aliphatic heterocycles. The van der Waals surface area contributed by atoms with Crippen LogP contribution in [0.4, 0.5) is 8.78 Å². The lowest BCUT2D eigenvalue weighted by Crippen LogP contribution is -2.30. The van der Waals surface area contributed by atoms with Crippen LogP contribution in [0.3, 0.4) is 0 Å². The minimum atomic E-state index is -0.527. The molecule has 2 aromatic rings. The maximum absolute atomic E-state index is 13.8. The van der Waals surface area contributed by atoms with Crippen LogP contribution in [0.25, 0.3) is 0 Å². The lowest BCUT2D eigenvalue weighted by molar-refractivity contribution is 0.486. The highest BCUT2D eigenvalue weighted by atomic mass is 19.1. The van der Waals surface area contributed by atoms with Crippen LogP contribution in [0.5, 0.6) is 0 Å². The molecule has 1 atom stereocenters. The van der Waals surface area contributed by atoms with Gasteiger partial charge in [0.2, 0.25) is 0 Å². The number of rotatable bonds is 5. The summed E-state index contributed by atoms with van der Waals surface area (Å²) in [7, 11) is 0. The number of benzene rings is 1. The van der Waals surface area contributed by atoms with Crippen LogP contribution in [0.2, 0.25) is 0 Å². The second-order valence-corrected chi connectivity index (χ2v) is 4.97. The lowest BCUT2D eigenvalue weighted by atomic mass is 10.0. The first kappa shape index (κ1) is 14.6. The average Bonchev–Trinajstić information content (AvgIpc) is 2.88. The van der Waals surface area contributed by atoms with Gasteiger partial charge in [-0.25, -0.2) is 8.78 Å². The molecule has 0 bridgehead atoms. The molecular formula is C14H18F2N4. The quantitative estimate of drug-likeness (QED) is 0.653. The second-order valence-electron chi connectivity index (χ2n) is 4.97. The lowest BCUT2D eigenvalue weighted by Gasteiger charge is -2.16. The zero-order valence-electron chi connectivity index (χ0n) is 11.5. The summed E-state index contributed by atoms with van der Waals surface area (Å²) < 4.78 is 28.8. The molecule has 108 valence electrons. The Bertz CT molecular complexity index is 580. The molecule has 4 nitrogen and oxygen atoms in total. The second kappa shape index (κ2) is 6.11. The van der Waals surface area contributed by atoms with Crippen molar-refractivity contribution in [2.45, 2.75) is 32.4 Å². The van der Waals surface area contributed by atoms with E-state index < -0.39 is 17.7 Å². The van der Waals surface area contributed by atoms with Crippen LogP contribution in [0.1, 0.15) is 37.2 Å². The van der Waals surface area contributed by atoms with E-state index in [0.717, 1.165) is 23.9 Å². The molecule has 2 rings (SSSR count). The van der Waals surface area contributed by atoms with Gasteiger partial charge < -0.3 is 0 Å². The minimum absolute atomic E-state index is 0.201. The van der Waals surface area contributed by atoms with Gasteiger partial charge in [-0.05, 0) is 38.1 Å². The van der Waals surface area contributed by atoms with Crippen molar-refractivity contribution in [1.82, 2.24) is 15.2 Å². The third kappa shape index (κ3) is 3.20. The van der Waals surface area contributed by atoms with E-state index in [1.807, 2.05) is 30.8 Å². The predicted molar refractivity (Wildman–Crippen MR) is 72.7 cm³/mol. The molecule has 6 heteroatoms. The Labute approximate surface area is 116 Å². The number of hydrogen-bond acceptors (Lipinski definition) is 3. The molecule has 1 unspecified atom stereocenters. The van der Waals surface area contributed by atoms with Gasteiger partial charge in [0, 0.05) is 24.2 Å². The van der Waals surface area contributed by atoms with E-state index >= 15 is 0 Å². The van der Waals surface area contributed by atoms with Gasteiger partial charge in [-0.15, -0.1) is 0 Å². The zero-order valence-corrected chi connectivity index (χ0v) is 11.5. The van der Waals surface area contributed by atoms with Gasteiger partial charge in [0.05, 0.1) is 11.7 Å². The molecule has 0 fully saturated rings. The number of hydrogen-bond donors (Lipinski definition) is 2. The van der Waals surface area contributed by atoms with Crippen LogP contribution in [0, 0.1) is 11.6 Å². The van der Waals surface area contributed by atoms with Gasteiger partial charge in [0.25, 0.3) is 0 Å². The molecule has 20 heavy (non-hydrogen) atoms. The Balaban J connectivity index is 2.21. The van der Waals surface area contributed by atoms with Gasteiger partial charge in [0.1, 0.15) is 11.6 Å². The van der Waals surface area contributed by atoms with Crippen LogP contribution in [-0.2, 0) is 6.42 Å². The number of aromatic nitrogens is 2. The van der Waals surface area contributed by atoms with Gasteiger partial charge >= 0.3 is 0 Å². The molecule has 0 radical (unpaired) electrons. The SMILES string of the molecule is CC(C)n1ccc(CC(NN)c2cc(F)ccc2F)n1. The van der Waals surface area contributed by atoms with E-state index in [1.54, 1.807) is 0 Å². The molecule has 0 saturated heterocycles. The molecular weight excluding hydrogens is 262 g/mol. The Morgan fingerprint density at radius 3 is 2.65 bits per heavy atom. The molecule has 0 amide bonds. The largest absolute Gasteiger partial charge is 0.271 e. The molecule has 1 heterocycles. The fraction of sp³-hybridized carbons (Fsp3) is 0.357. The number of nitrogens with zero attached hydrogens (tertiary/aromatic N) is 2. The Hall–Kier alpha value is -1.79. The van der Waals surface area contributed by atoms with E-state index in [1.165, 1.54) is 0 Å². The van der Waals surface area contributed by atoms with Gasteiger partial charge in [-0.2, -0.15) is 5.10 Å². The Kier molecular flexibility index (Phi) is 4.46. The average molecular weight is 280 g/mol. The fourth-order valence-electron chi connectivity index (χ4n) is 2.02. The van der Waals surface area contributed by atoms with Crippen molar-refractivity contribution >= 4 is 0 Å². The van der Waals surface area contributed by atoms with Crippen molar-refractivity contribution in [3.05, 3.63) is 53.4 Å². The summed E-state index contributed by atoms with van der Waals surface area (Å²) in [6, 6.07) is 4.91. The smallest absolute Gasteiger partial charge is 0.128 e. The third-order valence-corrected chi connectivity index (χ3v) is 3.14. The summed E-state index contributed by atoms with van der Waals surface area (Å²) >= 11 is 0. The van der Waals surface area contributed by atoms with Crippen molar-refractivity contribution in [2.24, 2.45) is 5.84 Å². The van der Waals surface area contributed by atoms with Crippen molar-refractivity contribution in [3.63, 3.8) is 0 Å². The minimum Gasteiger partial charge on any atom is -0.271 e. The first-order valence-corrected chi connectivity index (χ1v) is 6.46. The van der Waals surface area contributed by atoms with Crippen molar-refractivity contribution in [3.8, 4) is 0 Å². The van der Waals surface area contributed by atoms with Crippen LogP contribution in [-0.4, -0.2) is 9.78 Å². The highest BCUT2D eigenvalue weighted by Gasteiger charge is 2.17. The standard InChI is InChI=1S/C14H18F2N4/c1-9(2)20-6-5-11(19-20)8-14(18-17)12-7-10(15)3-4-13(12)16/h3-7,9,14,18H,8,17H2,1-2H3. The van der Waals surface area contributed by atoms with E-state index in [0.29, 0.717) is 6.42 Å². The normalized spacial score (nSPS) is 12.9. The third-order valence-electron chi connectivity index (χ3n) is 3.14. The van der Waals surface area contributed by atoms with E-state index in [2.05, 4.69) is 10.5 Å². The summed E-state index contributed by atoms with van der Waals surface area (Å²) in [6.07, 6.45) is 2.24. The Morgan fingerprint density at radius 2 is 2.05 bits per heavy atom. The van der Waals surface area contributed by atoms with E-state index in [4.69, 9.17) is 5.84 Å². The summed E-state index contributed by atoms with van der Waals surface area (Å²) in [6.45, 7) is 4.03. The van der Waals surface area contributed by atoms with Gasteiger partial charge in [0.15, 0.2) is 0 Å². The molecule has 3 N–H and O–H groups in total. The van der Waals surface area contributed by atoms with Gasteiger partial charge in [-0.1, -0.05) is 0 Å². The molecule has 0 aliphatic rings. The maximum atomic E-state index is 13.8. The fourth-order valence-corrected chi connectivity index (χ4v) is 2.02. The predicted octanol–water partition coefficient (Wildman–Crippen LogP) is 2.49. The zero-order chi connectivity index (χ0) is 14.7. The van der Waals surface area contributed by atoms with Crippen LogP contribution < -0.4 is 11.3 Å². The molecule has 0 spiro atoms. The molecule has 1 aromatic carbocycles. The summed E-state index contributed by atoms with van der Waals surface area (Å²) in [5.74, 6) is 4.48. The van der Waals surface area contributed by atoms with Crippen LogP contribution >= 0.6 is 0 Å². The highest BCUT2D eigenvalue weighted by Crippen LogP contribution is 2.21. The summed E-state index contributed by atoms with van der Waals surface area (Å²) in [5, 5.41) is 4.38. The van der Waals surface area contributed by atoms with Crippen LogP contribution in [0.15, 0.2) is 30.5 Å². The summed E-state index contributed by atoms with van der Waals surface area (Å²) in [4.78, 5) is 0. The number of hydrazine groups is 1. The maximum Gasteiger partial charge on any atom is 0.128 e. The number of halogens is 2. The molecule has 0 aliphatic carbocycles. The topological polar surface area (TPSA) is 55.9 Å². The van der Waals surface area contributed by atoms with E-state index in [9.17, 15) is 8.78 Å². The number of nitrogens with two attached hydrogens (primary N) is 1. The van der Waals surface area contributed by atoms with Crippen molar-refractivity contribution in [2.75, 3.05) is 0 Å². The molecule has 1 aromatic heterocycles. The summed E-state index contributed by atoms with van der Waals surface area (Å²) in [5.41, 5.74) is 3.49.